The van der Waals surface area contributed by atoms with Crippen LogP contribution in [0.15, 0.2) is 30.3 Å². The van der Waals surface area contributed by atoms with Gasteiger partial charge in [-0.25, -0.2) is 4.79 Å². The van der Waals surface area contributed by atoms with Crippen LogP contribution < -0.4 is 4.74 Å². The van der Waals surface area contributed by atoms with Crippen molar-refractivity contribution in [3.05, 3.63) is 52.2 Å². The van der Waals surface area contributed by atoms with Crippen molar-refractivity contribution in [3.8, 4) is 5.88 Å². The number of nitrogens with zero attached hydrogens (tertiary/aromatic N) is 2. The van der Waals surface area contributed by atoms with Crippen LogP contribution in [0.5, 0.6) is 5.88 Å². The number of aromatic nitrogens is 2. The van der Waals surface area contributed by atoms with Crippen LogP contribution in [0.3, 0.4) is 0 Å². The number of hydrogen-bond donors (Lipinski definition) is 0. The predicted molar refractivity (Wildman–Crippen MR) is 108 cm³/mol. The Hall–Kier alpha value is -2.52. The second-order valence-corrected chi connectivity index (χ2v) is 7.29. The molecule has 1 saturated heterocycles. The van der Waals surface area contributed by atoms with Gasteiger partial charge < -0.3 is 14.2 Å². The van der Waals surface area contributed by atoms with Crippen molar-refractivity contribution >= 4 is 23.6 Å². The molecule has 1 fully saturated rings. The molecule has 0 spiro atoms. The summed E-state index contributed by atoms with van der Waals surface area (Å²) in [4.78, 5) is 11.7. The minimum absolute atomic E-state index is 0.0301. The lowest BCUT2D eigenvalue weighted by Gasteiger charge is -2.21. The highest BCUT2D eigenvalue weighted by Crippen LogP contribution is 2.32. The molecule has 0 bridgehead atoms. The topological polar surface area (TPSA) is 62.6 Å². The van der Waals surface area contributed by atoms with Gasteiger partial charge in [-0.3, -0.25) is 4.68 Å². The van der Waals surface area contributed by atoms with Crippen molar-refractivity contribution < 1.29 is 32.2 Å². The van der Waals surface area contributed by atoms with E-state index in [2.05, 4.69) is 5.10 Å². The zero-order chi connectivity index (χ0) is 22.4. The Morgan fingerprint density at radius 2 is 2.06 bits per heavy atom. The maximum atomic E-state index is 12.9. The number of rotatable bonds is 7. The number of carbonyl (C=O) groups is 1. The van der Waals surface area contributed by atoms with E-state index in [-0.39, 0.29) is 24.3 Å². The zero-order valence-corrected chi connectivity index (χ0v) is 17.6. The molecule has 3 rings (SSSR count). The Morgan fingerprint density at radius 1 is 1.32 bits per heavy atom. The quantitative estimate of drug-likeness (QED) is 0.443. The number of benzene rings is 1. The SMILES string of the molecule is CCOC(=O)C=Cc1cc(OC2CCOCC2)nn1Cc1ccc(C(F)(F)F)cc1Cl. The molecule has 31 heavy (non-hydrogen) atoms. The summed E-state index contributed by atoms with van der Waals surface area (Å²) in [7, 11) is 0. The molecule has 0 radical (unpaired) electrons. The van der Waals surface area contributed by atoms with E-state index in [1.54, 1.807) is 13.0 Å². The zero-order valence-electron chi connectivity index (χ0n) is 16.8. The van der Waals surface area contributed by atoms with E-state index in [4.69, 9.17) is 25.8 Å². The summed E-state index contributed by atoms with van der Waals surface area (Å²) in [6.07, 6.45) is -0.305. The summed E-state index contributed by atoms with van der Waals surface area (Å²) in [5.74, 6) is -0.173. The molecule has 0 unspecified atom stereocenters. The first-order valence-corrected chi connectivity index (χ1v) is 10.2. The van der Waals surface area contributed by atoms with Crippen LogP contribution in [0.1, 0.15) is 36.6 Å². The van der Waals surface area contributed by atoms with Gasteiger partial charge in [0, 0.05) is 30.0 Å². The monoisotopic (exact) mass is 458 g/mol. The fourth-order valence-electron chi connectivity index (χ4n) is 3.05. The molecule has 0 amide bonds. The second-order valence-electron chi connectivity index (χ2n) is 6.88. The standard InChI is InChI=1S/C21H22ClF3N2O4/c1-2-30-20(28)6-5-16-12-19(31-17-7-9-29-10-8-17)26-27(16)13-14-3-4-15(11-18(14)22)21(23,24)25/h3-6,11-12,17H,2,7-10,13H2,1H3. The summed E-state index contributed by atoms with van der Waals surface area (Å²) >= 11 is 6.09. The van der Waals surface area contributed by atoms with Crippen molar-refractivity contribution in [2.75, 3.05) is 19.8 Å². The van der Waals surface area contributed by atoms with Crippen molar-refractivity contribution in [3.63, 3.8) is 0 Å². The van der Waals surface area contributed by atoms with Gasteiger partial charge in [0.2, 0.25) is 5.88 Å². The van der Waals surface area contributed by atoms with Gasteiger partial charge in [-0.1, -0.05) is 17.7 Å². The normalized spacial score (nSPS) is 15.4. The molecule has 1 aromatic heterocycles. The first-order chi connectivity index (χ1) is 14.8. The molecule has 6 nitrogen and oxygen atoms in total. The first kappa shape index (κ1) is 23.1. The van der Waals surface area contributed by atoms with E-state index in [1.165, 1.54) is 22.9 Å². The van der Waals surface area contributed by atoms with Crippen molar-refractivity contribution in [2.24, 2.45) is 0 Å². The average molecular weight is 459 g/mol. The van der Waals surface area contributed by atoms with Crippen molar-refractivity contribution in [2.45, 2.75) is 38.6 Å². The fraction of sp³-hybridized carbons (Fsp3) is 0.429. The number of esters is 1. The van der Waals surface area contributed by atoms with E-state index in [0.717, 1.165) is 25.0 Å². The van der Waals surface area contributed by atoms with E-state index < -0.39 is 17.7 Å². The largest absolute Gasteiger partial charge is 0.473 e. The maximum Gasteiger partial charge on any atom is 0.416 e. The molecule has 2 aromatic rings. The Kier molecular flexibility index (Phi) is 7.61. The third-order valence-electron chi connectivity index (χ3n) is 4.62. The van der Waals surface area contributed by atoms with Crippen LogP contribution in [0, 0.1) is 0 Å². The third kappa shape index (κ3) is 6.48. The Bertz CT molecular complexity index is 937. The average Bonchev–Trinajstić information content (AvgIpc) is 3.09. The predicted octanol–water partition coefficient (Wildman–Crippen LogP) is 4.74. The molecule has 2 heterocycles. The second kappa shape index (κ2) is 10.2. The smallest absolute Gasteiger partial charge is 0.416 e. The van der Waals surface area contributed by atoms with Crippen molar-refractivity contribution in [1.82, 2.24) is 9.78 Å². The summed E-state index contributed by atoms with van der Waals surface area (Å²) in [6, 6.07) is 4.82. The number of carbonyl (C=O) groups excluding carboxylic acids is 1. The Balaban J connectivity index is 1.85. The molecule has 1 aromatic carbocycles. The lowest BCUT2D eigenvalue weighted by atomic mass is 10.1. The molecule has 0 N–H and O–H groups in total. The van der Waals surface area contributed by atoms with Crippen LogP contribution in [-0.2, 0) is 27.0 Å². The minimum atomic E-state index is -4.48. The number of hydrogen-bond acceptors (Lipinski definition) is 5. The van der Waals surface area contributed by atoms with E-state index >= 15 is 0 Å². The summed E-state index contributed by atoms with van der Waals surface area (Å²) < 4.78 is 56.3. The highest BCUT2D eigenvalue weighted by atomic mass is 35.5. The van der Waals surface area contributed by atoms with Crippen LogP contribution in [0.2, 0.25) is 5.02 Å². The molecular formula is C21H22ClF3N2O4. The van der Waals surface area contributed by atoms with Gasteiger partial charge in [0.1, 0.15) is 6.10 Å². The highest BCUT2D eigenvalue weighted by molar-refractivity contribution is 6.31. The molecule has 1 aliphatic heterocycles. The molecular weight excluding hydrogens is 437 g/mol. The van der Waals surface area contributed by atoms with Crippen LogP contribution in [0.4, 0.5) is 13.2 Å². The summed E-state index contributed by atoms with van der Waals surface area (Å²) in [5, 5.41) is 4.38. The Labute approximate surface area is 182 Å². The van der Waals surface area contributed by atoms with Crippen LogP contribution >= 0.6 is 11.6 Å². The van der Waals surface area contributed by atoms with Gasteiger partial charge in [0.15, 0.2) is 0 Å². The van der Waals surface area contributed by atoms with Gasteiger partial charge in [-0.2, -0.15) is 13.2 Å². The summed E-state index contributed by atoms with van der Waals surface area (Å²) in [6.45, 7) is 3.23. The molecule has 0 aliphatic carbocycles. The lowest BCUT2D eigenvalue weighted by Crippen LogP contribution is -2.26. The third-order valence-corrected chi connectivity index (χ3v) is 4.97. The van der Waals surface area contributed by atoms with Gasteiger partial charge >= 0.3 is 12.1 Å². The molecule has 1 aliphatic rings. The number of ether oxygens (including phenoxy) is 3. The first-order valence-electron chi connectivity index (χ1n) is 9.79. The molecule has 0 atom stereocenters. The summed E-state index contributed by atoms with van der Waals surface area (Å²) in [5.41, 5.74) is 0.139. The van der Waals surface area contributed by atoms with Gasteiger partial charge in [0.05, 0.1) is 37.6 Å². The molecule has 10 heteroatoms. The van der Waals surface area contributed by atoms with E-state index in [1.807, 2.05) is 0 Å². The van der Waals surface area contributed by atoms with Crippen LogP contribution in [0.25, 0.3) is 6.08 Å². The maximum absolute atomic E-state index is 12.9. The number of halogens is 4. The van der Waals surface area contributed by atoms with Crippen LogP contribution in [-0.4, -0.2) is 41.7 Å². The van der Waals surface area contributed by atoms with Gasteiger partial charge in [-0.15, -0.1) is 5.10 Å². The Morgan fingerprint density at radius 3 is 2.71 bits per heavy atom. The number of alkyl halides is 3. The van der Waals surface area contributed by atoms with E-state index in [9.17, 15) is 18.0 Å². The van der Waals surface area contributed by atoms with Crippen molar-refractivity contribution in [1.29, 1.82) is 0 Å². The fourth-order valence-corrected chi connectivity index (χ4v) is 3.29. The van der Waals surface area contributed by atoms with E-state index in [0.29, 0.717) is 30.4 Å². The van der Waals surface area contributed by atoms with Gasteiger partial charge in [0.25, 0.3) is 0 Å². The molecule has 168 valence electrons. The molecule has 0 saturated carbocycles. The lowest BCUT2D eigenvalue weighted by molar-refractivity contribution is -0.138. The minimum Gasteiger partial charge on any atom is -0.473 e. The van der Waals surface area contributed by atoms with Gasteiger partial charge in [-0.05, 0) is 30.7 Å². The highest BCUT2D eigenvalue weighted by Gasteiger charge is 2.31.